The number of hydrogen-bond acceptors (Lipinski definition) is 9. The molecule has 1 heterocycles. The van der Waals surface area contributed by atoms with E-state index in [-0.39, 0.29) is 35.4 Å². The zero-order valence-electron chi connectivity index (χ0n) is 17.4. The number of ether oxygens (including phenoxy) is 3. The van der Waals surface area contributed by atoms with Gasteiger partial charge in [-0.05, 0) is 41.6 Å². The van der Waals surface area contributed by atoms with Crippen LogP contribution >= 0.6 is 0 Å². The van der Waals surface area contributed by atoms with Crippen molar-refractivity contribution in [2.45, 2.75) is 13.5 Å². The second-order valence-electron chi connectivity index (χ2n) is 6.29. The van der Waals surface area contributed by atoms with E-state index in [4.69, 9.17) is 14.2 Å². The van der Waals surface area contributed by atoms with Crippen molar-refractivity contribution in [3.8, 4) is 28.6 Å². The number of rotatable bonds is 8. The van der Waals surface area contributed by atoms with Crippen molar-refractivity contribution in [1.82, 2.24) is 25.6 Å². The van der Waals surface area contributed by atoms with Gasteiger partial charge in [-0.15, -0.1) is 10.2 Å². The highest BCUT2D eigenvalue weighted by molar-refractivity contribution is 5.85. The highest BCUT2D eigenvalue weighted by Gasteiger charge is 2.16. The fraction of sp³-hybridized carbons (Fsp3) is 0.200. The number of nitrogens with zero attached hydrogens (tertiary/aromatic N) is 5. The predicted molar refractivity (Wildman–Crippen MR) is 110 cm³/mol. The van der Waals surface area contributed by atoms with E-state index >= 15 is 0 Å². The van der Waals surface area contributed by atoms with Gasteiger partial charge in [-0.2, -0.15) is 9.90 Å². The van der Waals surface area contributed by atoms with Crippen molar-refractivity contribution in [3.63, 3.8) is 0 Å². The number of hydrogen-bond donors (Lipinski definition) is 1. The van der Waals surface area contributed by atoms with Crippen LogP contribution in [0, 0.1) is 5.82 Å². The molecule has 2 aromatic carbocycles. The van der Waals surface area contributed by atoms with E-state index < -0.39 is 11.9 Å². The average Bonchev–Trinajstić information content (AvgIpc) is 3.22. The van der Waals surface area contributed by atoms with Crippen molar-refractivity contribution in [2.75, 3.05) is 14.2 Å². The zero-order chi connectivity index (χ0) is 23.1. The van der Waals surface area contributed by atoms with Crippen molar-refractivity contribution in [1.29, 1.82) is 0 Å². The van der Waals surface area contributed by atoms with Crippen molar-refractivity contribution < 1.29 is 28.2 Å². The maximum Gasteiger partial charge on any atom is 0.308 e. The molecule has 0 unspecified atom stereocenters. The smallest absolute Gasteiger partial charge is 0.308 e. The molecule has 0 atom stereocenters. The standard InChI is InChI=1S/C20H19FN6O5/c1-12(28)32-19-16(30-2)8-13(9-17(19)31-3)10-22-23-18(29)11-27-25-20(24-26-27)14-4-6-15(21)7-5-14/h4-10H,11H2,1-3H3,(H,23,29)/b22-10-. The summed E-state index contributed by atoms with van der Waals surface area (Å²) in [4.78, 5) is 24.5. The number of carbonyl (C=O) groups excluding carboxylic acids is 2. The monoisotopic (exact) mass is 442 g/mol. The third-order valence-corrected chi connectivity index (χ3v) is 3.97. The topological polar surface area (TPSA) is 130 Å². The van der Waals surface area contributed by atoms with Gasteiger partial charge in [0.2, 0.25) is 11.6 Å². The van der Waals surface area contributed by atoms with Crippen LogP contribution in [0.25, 0.3) is 11.4 Å². The lowest BCUT2D eigenvalue weighted by Crippen LogP contribution is -2.24. The minimum atomic E-state index is -0.528. The summed E-state index contributed by atoms with van der Waals surface area (Å²) in [5.41, 5.74) is 3.43. The van der Waals surface area contributed by atoms with Gasteiger partial charge in [0.05, 0.1) is 20.4 Å². The molecule has 1 aromatic heterocycles. The van der Waals surface area contributed by atoms with E-state index in [9.17, 15) is 14.0 Å². The summed E-state index contributed by atoms with van der Waals surface area (Å²) in [6.45, 7) is 1.03. The van der Waals surface area contributed by atoms with E-state index in [2.05, 4.69) is 25.9 Å². The minimum Gasteiger partial charge on any atom is -0.493 e. The number of methoxy groups -OCH3 is 2. The number of amides is 1. The van der Waals surface area contributed by atoms with E-state index in [1.54, 1.807) is 12.1 Å². The summed E-state index contributed by atoms with van der Waals surface area (Å²) in [6.07, 6.45) is 1.36. The predicted octanol–water partition coefficient (Wildman–Crippen LogP) is 1.57. The maximum atomic E-state index is 13.0. The molecular formula is C20H19FN6O5. The Morgan fingerprint density at radius 1 is 1.16 bits per heavy atom. The van der Waals surface area contributed by atoms with Crippen LogP contribution in [0.15, 0.2) is 41.5 Å². The minimum absolute atomic E-state index is 0.137. The number of nitrogens with one attached hydrogen (secondary N) is 1. The molecule has 0 aliphatic heterocycles. The number of benzene rings is 2. The molecule has 0 radical (unpaired) electrons. The fourth-order valence-corrected chi connectivity index (χ4v) is 2.59. The fourth-order valence-electron chi connectivity index (χ4n) is 2.59. The first kappa shape index (κ1) is 22.3. The average molecular weight is 442 g/mol. The van der Waals surface area contributed by atoms with Gasteiger partial charge in [-0.1, -0.05) is 0 Å². The Balaban J connectivity index is 1.64. The lowest BCUT2D eigenvalue weighted by molar-refractivity contribution is -0.132. The Labute approximate surface area is 181 Å². The molecular weight excluding hydrogens is 423 g/mol. The van der Waals surface area contributed by atoms with Gasteiger partial charge in [0, 0.05) is 18.1 Å². The quantitative estimate of drug-likeness (QED) is 0.241. The van der Waals surface area contributed by atoms with Crippen LogP contribution in [-0.2, 0) is 16.1 Å². The summed E-state index contributed by atoms with van der Waals surface area (Å²) < 4.78 is 28.6. The summed E-state index contributed by atoms with van der Waals surface area (Å²) in [7, 11) is 2.82. The van der Waals surface area contributed by atoms with Crippen LogP contribution in [0.1, 0.15) is 12.5 Å². The summed E-state index contributed by atoms with van der Waals surface area (Å²) in [5, 5.41) is 15.6. The lowest BCUT2D eigenvalue weighted by Gasteiger charge is -2.13. The normalized spacial score (nSPS) is 10.8. The number of esters is 1. The van der Waals surface area contributed by atoms with Gasteiger partial charge in [0.1, 0.15) is 12.4 Å². The Bertz CT molecular complexity index is 1120. The van der Waals surface area contributed by atoms with E-state index in [0.717, 1.165) is 4.80 Å². The number of tetrazole rings is 1. The molecule has 0 aliphatic rings. The molecule has 0 aliphatic carbocycles. The van der Waals surface area contributed by atoms with Crippen LogP contribution < -0.4 is 19.6 Å². The Kier molecular flexibility index (Phi) is 7.06. The van der Waals surface area contributed by atoms with Gasteiger partial charge in [-0.3, -0.25) is 9.59 Å². The van der Waals surface area contributed by atoms with Crippen molar-refractivity contribution in [2.24, 2.45) is 5.10 Å². The Morgan fingerprint density at radius 2 is 1.81 bits per heavy atom. The molecule has 166 valence electrons. The first-order chi connectivity index (χ1) is 15.4. The molecule has 11 nitrogen and oxygen atoms in total. The first-order valence-corrected chi connectivity index (χ1v) is 9.19. The summed E-state index contributed by atoms with van der Waals surface area (Å²) in [6, 6.07) is 8.70. The number of hydrazone groups is 1. The Hall–Kier alpha value is -4.35. The number of carbonyl (C=O) groups is 2. The van der Waals surface area contributed by atoms with E-state index in [0.29, 0.717) is 11.1 Å². The van der Waals surface area contributed by atoms with Crippen LogP contribution in [0.4, 0.5) is 4.39 Å². The molecule has 0 spiro atoms. The molecule has 3 aromatic rings. The largest absolute Gasteiger partial charge is 0.493 e. The SMILES string of the molecule is COc1cc(/C=N\NC(=O)Cn2nnc(-c3ccc(F)cc3)n2)cc(OC)c1OC(C)=O. The molecule has 0 saturated carbocycles. The molecule has 0 fully saturated rings. The number of halogens is 1. The van der Waals surface area contributed by atoms with Gasteiger partial charge in [0.15, 0.2) is 11.5 Å². The Morgan fingerprint density at radius 3 is 2.41 bits per heavy atom. The van der Waals surface area contributed by atoms with Gasteiger partial charge in [0.25, 0.3) is 5.91 Å². The van der Waals surface area contributed by atoms with Gasteiger partial charge >= 0.3 is 5.97 Å². The zero-order valence-corrected chi connectivity index (χ0v) is 17.4. The molecule has 1 N–H and O–H groups in total. The molecule has 0 saturated heterocycles. The highest BCUT2D eigenvalue weighted by atomic mass is 19.1. The van der Waals surface area contributed by atoms with E-state index in [1.807, 2.05) is 0 Å². The third kappa shape index (κ3) is 5.62. The van der Waals surface area contributed by atoms with Crippen LogP contribution in [-0.4, -0.2) is 52.5 Å². The maximum absolute atomic E-state index is 13.0. The van der Waals surface area contributed by atoms with Crippen LogP contribution in [0.5, 0.6) is 17.2 Å². The highest BCUT2D eigenvalue weighted by Crippen LogP contribution is 2.38. The van der Waals surface area contributed by atoms with Crippen molar-refractivity contribution >= 4 is 18.1 Å². The molecule has 12 heteroatoms. The molecule has 32 heavy (non-hydrogen) atoms. The molecule has 1 amide bonds. The summed E-state index contributed by atoms with van der Waals surface area (Å²) in [5.74, 6) is -0.500. The lowest BCUT2D eigenvalue weighted by atomic mass is 10.2. The van der Waals surface area contributed by atoms with Gasteiger partial charge < -0.3 is 14.2 Å². The third-order valence-electron chi connectivity index (χ3n) is 3.97. The van der Waals surface area contributed by atoms with Gasteiger partial charge in [-0.25, -0.2) is 9.82 Å². The van der Waals surface area contributed by atoms with E-state index in [1.165, 1.54) is 51.6 Å². The first-order valence-electron chi connectivity index (χ1n) is 9.19. The van der Waals surface area contributed by atoms with Crippen LogP contribution in [0.3, 0.4) is 0 Å². The second-order valence-corrected chi connectivity index (χ2v) is 6.29. The summed E-state index contributed by atoms with van der Waals surface area (Å²) >= 11 is 0. The van der Waals surface area contributed by atoms with Crippen molar-refractivity contribution in [3.05, 3.63) is 47.8 Å². The van der Waals surface area contributed by atoms with Crippen LogP contribution in [0.2, 0.25) is 0 Å². The number of aromatic nitrogens is 4. The molecule has 0 bridgehead atoms. The molecule has 3 rings (SSSR count). The second kappa shape index (κ2) is 10.1.